The zero-order valence-electron chi connectivity index (χ0n) is 8.84. The second-order valence-corrected chi connectivity index (χ2v) is 3.98. The van der Waals surface area contributed by atoms with Crippen molar-refractivity contribution in [1.82, 2.24) is 0 Å². The summed E-state index contributed by atoms with van der Waals surface area (Å²) in [5, 5.41) is 8.89. The smallest absolute Gasteiger partial charge is 0.149 e. The molecule has 2 atom stereocenters. The molecule has 0 heterocycles. The Labute approximate surface area is 81.1 Å². The number of Topliss-reactive ketones (excluding diaryl/α,β-unsaturated/α-hetero) is 1. The molecule has 3 nitrogen and oxygen atoms in total. The van der Waals surface area contributed by atoms with Gasteiger partial charge in [-0.05, 0) is 6.42 Å². The monoisotopic (exact) mass is 185 g/mol. The summed E-state index contributed by atoms with van der Waals surface area (Å²) in [6.07, 6.45) is 2.98. The molecule has 0 saturated heterocycles. The maximum absolute atomic E-state index is 11.6. The van der Waals surface area contributed by atoms with Crippen LogP contribution in [0.2, 0.25) is 0 Å². The maximum Gasteiger partial charge on any atom is 0.149 e. The van der Waals surface area contributed by atoms with Crippen molar-refractivity contribution < 1.29 is 9.90 Å². The standard InChI is InChI=1S/C9H20BNO2/c1-3-4-5-7(2)8(13)9(10,11)6-12/h7,12H,3-6,10-11H2,1-2H3/t7?,9-/m1/s1. The van der Waals surface area contributed by atoms with Crippen LogP contribution in [0.5, 0.6) is 0 Å². The summed E-state index contributed by atoms with van der Waals surface area (Å²) in [4.78, 5) is 11.6. The van der Waals surface area contributed by atoms with Crippen molar-refractivity contribution >= 4 is 13.6 Å². The summed E-state index contributed by atoms with van der Waals surface area (Å²) in [5.41, 5.74) is 4.57. The predicted octanol–water partition coefficient (Wildman–Crippen LogP) is -0.338. The summed E-state index contributed by atoms with van der Waals surface area (Å²) >= 11 is 0. The van der Waals surface area contributed by atoms with Crippen molar-refractivity contribution in [2.75, 3.05) is 6.61 Å². The van der Waals surface area contributed by atoms with E-state index in [9.17, 15) is 4.79 Å². The van der Waals surface area contributed by atoms with Crippen LogP contribution in [0, 0.1) is 5.92 Å². The van der Waals surface area contributed by atoms with Gasteiger partial charge in [0, 0.05) is 5.92 Å². The molecule has 0 amide bonds. The first kappa shape index (κ1) is 12.7. The van der Waals surface area contributed by atoms with Crippen LogP contribution >= 0.6 is 0 Å². The third-order valence-corrected chi connectivity index (χ3v) is 2.33. The number of carbonyl (C=O) groups excluding carboxylic acids is 1. The van der Waals surface area contributed by atoms with Gasteiger partial charge in [0.2, 0.25) is 0 Å². The topological polar surface area (TPSA) is 63.3 Å². The molecule has 0 fully saturated rings. The normalized spacial score (nSPS) is 17.8. The van der Waals surface area contributed by atoms with E-state index in [1.807, 2.05) is 6.92 Å². The average Bonchev–Trinajstić information content (AvgIpc) is 2.12. The Balaban J connectivity index is 4.09. The van der Waals surface area contributed by atoms with Gasteiger partial charge in [0.1, 0.15) is 13.6 Å². The molecule has 13 heavy (non-hydrogen) atoms. The third kappa shape index (κ3) is 3.92. The molecule has 0 aromatic heterocycles. The highest BCUT2D eigenvalue weighted by atomic mass is 16.3. The number of unbranched alkanes of at least 4 members (excludes halogenated alkanes) is 1. The van der Waals surface area contributed by atoms with E-state index >= 15 is 0 Å². The Kier molecular flexibility index (Phi) is 5.26. The van der Waals surface area contributed by atoms with E-state index in [-0.39, 0.29) is 18.3 Å². The molecular weight excluding hydrogens is 165 g/mol. The van der Waals surface area contributed by atoms with Crippen LogP contribution in [0.4, 0.5) is 0 Å². The van der Waals surface area contributed by atoms with E-state index in [4.69, 9.17) is 10.8 Å². The van der Waals surface area contributed by atoms with Gasteiger partial charge < -0.3 is 10.8 Å². The number of aliphatic hydroxyl groups is 1. The summed E-state index contributed by atoms with van der Waals surface area (Å²) in [7, 11) is 1.58. The minimum Gasteiger partial charge on any atom is -0.395 e. The molecular formula is C9H20BNO2. The highest BCUT2D eigenvalue weighted by Crippen LogP contribution is 2.13. The number of rotatable bonds is 6. The summed E-state index contributed by atoms with van der Waals surface area (Å²) in [5.74, 6) is -0.0782. The Morgan fingerprint density at radius 3 is 2.62 bits per heavy atom. The zero-order valence-corrected chi connectivity index (χ0v) is 8.84. The van der Waals surface area contributed by atoms with E-state index in [0.29, 0.717) is 0 Å². The quantitative estimate of drug-likeness (QED) is 0.556. The molecule has 0 saturated carbocycles. The highest BCUT2D eigenvalue weighted by molar-refractivity contribution is 6.29. The molecule has 0 aromatic carbocycles. The fraction of sp³-hybridized carbons (Fsp3) is 0.889. The van der Waals surface area contributed by atoms with Gasteiger partial charge >= 0.3 is 0 Å². The second-order valence-electron chi connectivity index (χ2n) is 3.98. The molecule has 0 rings (SSSR count). The van der Waals surface area contributed by atoms with Crippen LogP contribution in [-0.2, 0) is 4.79 Å². The Morgan fingerprint density at radius 2 is 2.23 bits per heavy atom. The van der Waals surface area contributed by atoms with E-state index in [2.05, 4.69) is 6.92 Å². The van der Waals surface area contributed by atoms with Gasteiger partial charge in [-0.25, -0.2) is 0 Å². The van der Waals surface area contributed by atoms with Crippen molar-refractivity contribution in [2.24, 2.45) is 11.7 Å². The molecule has 1 unspecified atom stereocenters. The number of carbonyl (C=O) groups is 1. The Morgan fingerprint density at radius 1 is 1.69 bits per heavy atom. The lowest BCUT2D eigenvalue weighted by atomic mass is 9.71. The molecule has 3 N–H and O–H groups in total. The van der Waals surface area contributed by atoms with Gasteiger partial charge in [-0.1, -0.05) is 26.7 Å². The van der Waals surface area contributed by atoms with Crippen LogP contribution in [0.25, 0.3) is 0 Å². The fourth-order valence-corrected chi connectivity index (χ4v) is 1.28. The number of hydrogen-bond acceptors (Lipinski definition) is 3. The molecule has 0 aliphatic rings. The van der Waals surface area contributed by atoms with Crippen molar-refractivity contribution in [3.05, 3.63) is 0 Å². The molecule has 0 radical (unpaired) electrons. The minimum atomic E-state index is -1.06. The predicted molar refractivity (Wildman–Crippen MR) is 56.2 cm³/mol. The van der Waals surface area contributed by atoms with Gasteiger partial charge in [-0.15, -0.1) is 0 Å². The largest absolute Gasteiger partial charge is 0.395 e. The van der Waals surface area contributed by atoms with Crippen LogP contribution in [-0.4, -0.2) is 30.8 Å². The highest BCUT2D eigenvalue weighted by Gasteiger charge is 2.30. The van der Waals surface area contributed by atoms with Crippen LogP contribution < -0.4 is 5.73 Å². The van der Waals surface area contributed by atoms with E-state index in [1.165, 1.54) is 0 Å². The van der Waals surface area contributed by atoms with Crippen molar-refractivity contribution in [3.63, 3.8) is 0 Å². The van der Waals surface area contributed by atoms with Gasteiger partial charge in [-0.2, -0.15) is 0 Å². The first-order valence-electron chi connectivity index (χ1n) is 4.89. The maximum atomic E-state index is 11.6. The zero-order chi connectivity index (χ0) is 10.5. The molecule has 0 bridgehead atoms. The van der Waals surface area contributed by atoms with Crippen molar-refractivity contribution in [1.29, 1.82) is 0 Å². The van der Waals surface area contributed by atoms with Gasteiger partial charge in [0.05, 0.1) is 12.0 Å². The molecule has 0 aromatic rings. The molecule has 0 aliphatic carbocycles. The van der Waals surface area contributed by atoms with Gasteiger partial charge in [0.25, 0.3) is 0 Å². The summed E-state index contributed by atoms with van der Waals surface area (Å²) in [6.45, 7) is 3.69. The van der Waals surface area contributed by atoms with Gasteiger partial charge in [0.15, 0.2) is 0 Å². The van der Waals surface area contributed by atoms with E-state index in [1.54, 1.807) is 7.85 Å². The second kappa shape index (κ2) is 5.40. The van der Waals surface area contributed by atoms with Gasteiger partial charge in [-0.3, -0.25) is 4.79 Å². The number of aliphatic hydroxyl groups excluding tert-OH is 1. The third-order valence-electron chi connectivity index (χ3n) is 2.33. The van der Waals surface area contributed by atoms with Crippen molar-refractivity contribution in [3.8, 4) is 0 Å². The fourth-order valence-electron chi connectivity index (χ4n) is 1.28. The summed E-state index contributed by atoms with van der Waals surface area (Å²) < 4.78 is 0. The Hall–Kier alpha value is -0.345. The number of nitrogens with two attached hydrogens (primary N) is 1. The van der Waals surface area contributed by atoms with Crippen LogP contribution in [0.1, 0.15) is 33.1 Å². The van der Waals surface area contributed by atoms with Crippen LogP contribution in [0.3, 0.4) is 0 Å². The lowest BCUT2D eigenvalue weighted by Crippen LogP contribution is -2.54. The van der Waals surface area contributed by atoms with Crippen molar-refractivity contribution in [2.45, 2.75) is 38.5 Å². The molecule has 0 spiro atoms. The first-order valence-corrected chi connectivity index (χ1v) is 4.89. The minimum absolute atomic E-state index is 0.0385. The number of hydrogen-bond donors (Lipinski definition) is 2. The Bertz CT molecular complexity index is 171. The molecule has 4 heteroatoms. The van der Waals surface area contributed by atoms with E-state index < -0.39 is 5.44 Å². The number of ketones is 1. The lowest BCUT2D eigenvalue weighted by molar-refractivity contribution is -0.126. The average molecular weight is 185 g/mol. The molecule has 0 aliphatic heterocycles. The van der Waals surface area contributed by atoms with E-state index in [0.717, 1.165) is 19.3 Å². The lowest BCUT2D eigenvalue weighted by Gasteiger charge is -2.24. The molecule has 76 valence electrons. The SMILES string of the molecule is B[C@@](N)(CO)C(=O)C(C)CCCC. The van der Waals surface area contributed by atoms with Crippen LogP contribution in [0.15, 0.2) is 0 Å². The first-order chi connectivity index (χ1) is 5.95. The summed E-state index contributed by atoms with van der Waals surface area (Å²) in [6, 6.07) is 0.